The van der Waals surface area contributed by atoms with Crippen molar-refractivity contribution < 1.29 is 23.9 Å². The van der Waals surface area contributed by atoms with Gasteiger partial charge < -0.3 is 25.0 Å². The molecule has 1 fully saturated rings. The van der Waals surface area contributed by atoms with Crippen molar-refractivity contribution in [3.8, 4) is 5.75 Å². The van der Waals surface area contributed by atoms with Crippen LogP contribution in [-0.2, 0) is 21.4 Å². The summed E-state index contributed by atoms with van der Waals surface area (Å²) in [7, 11) is 3.57. The number of hydrogen-bond acceptors (Lipinski definition) is 6. The lowest BCUT2D eigenvalue weighted by Crippen LogP contribution is -2.53. The molecule has 0 saturated carbocycles. The number of ether oxygens (including phenoxy) is 2. The lowest BCUT2D eigenvalue weighted by molar-refractivity contribution is -0.130. The molecule has 3 heterocycles. The van der Waals surface area contributed by atoms with E-state index in [4.69, 9.17) is 9.47 Å². The molecule has 0 bridgehead atoms. The fraction of sp³-hybridized carbons (Fsp3) is 0.520. The number of likely N-dealkylation sites (N-methyl/N-ethyl adjacent to an activating group) is 1. The Bertz CT molecular complexity index is 1110. The van der Waals surface area contributed by atoms with Crippen LogP contribution in [0.1, 0.15) is 55.1 Å². The van der Waals surface area contributed by atoms with Crippen LogP contribution >= 0.6 is 0 Å². The van der Waals surface area contributed by atoms with E-state index >= 15 is 0 Å². The van der Waals surface area contributed by atoms with Crippen molar-refractivity contribution in [3.05, 3.63) is 35.7 Å². The molecule has 0 spiro atoms. The van der Waals surface area contributed by atoms with Crippen molar-refractivity contribution >= 4 is 29.1 Å². The Kier molecular flexibility index (Phi) is 7.39. The molecule has 2 aromatic rings. The summed E-state index contributed by atoms with van der Waals surface area (Å²) in [5.41, 5.74) is 2.42. The minimum atomic E-state index is -0.354. The Morgan fingerprint density at radius 2 is 1.97 bits per heavy atom. The molecule has 1 aromatic heterocycles. The van der Waals surface area contributed by atoms with Gasteiger partial charge in [-0.25, -0.2) is 0 Å². The molecule has 1 aromatic carbocycles. The van der Waals surface area contributed by atoms with Crippen molar-refractivity contribution in [2.75, 3.05) is 24.3 Å². The molecule has 188 valence electrons. The first-order valence-electron chi connectivity index (χ1n) is 12.0. The van der Waals surface area contributed by atoms with Crippen LogP contribution < -0.4 is 15.4 Å². The standard InChI is InChI=1S/C25H33N5O5/c1-5-6-23(31)26-16-7-10-21-18(11-16)25(33)30(4)20-9-8-17(35-22(20)14-34-21)12-24(32)27-19-13-29(3)28-15(19)2/h7,10-11,13,17,20,22H,5-6,8-9,12,14H2,1-4H3,(H,26,31)(H,27,32)/t17-,20+,22+/m1/s1. The summed E-state index contributed by atoms with van der Waals surface area (Å²) < 4.78 is 13.9. The maximum Gasteiger partial charge on any atom is 0.257 e. The molecule has 3 atom stereocenters. The number of fused-ring (bicyclic) bond motifs is 2. The smallest absolute Gasteiger partial charge is 0.257 e. The van der Waals surface area contributed by atoms with Gasteiger partial charge in [0.05, 0.1) is 35.5 Å². The molecular formula is C25H33N5O5. The monoisotopic (exact) mass is 483 g/mol. The summed E-state index contributed by atoms with van der Waals surface area (Å²) in [5, 5.41) is 9.98. The van der Waals surface area contributed by atoms with Crippen molar-refractivity contribution in [3.63, 3.8) is 0 Å². The Labute approximate surface area is 204 Å². The minimum absolute atomic E-state index is 0.0884. The second-order valence-corrected chi connectivity index (χ2v) is 9.23. The molecule has 1 saturated heterocycles. The van der Waals surface area contributed by atoms with Gasteiger partial charge in [-0.2, -0.15) is 5.10 Å². The number of carbonyl (C=O) groups is 3. The fourth-order valence-electron chi connectivity index (χ4n) is 4.69. The van der Waals surface area contributed by atoms with Gasteiger partial charge in [-0.15, -0.1) is 0 Å². The number of carbonyl (C=O) groups excluding carboxylic acids is 3. The Morgan fingerprint density at radius 1 is 1.17 bits per heavy atom. The van der Waals surface area contributed by atoms with Crippen LogP contribution in [0.2, 0.25) is 0 Å². The van der Waals surface area contributed by atoms with E-state index in [0.29, 0.717) is 42.0 Å². The van der Waals surface area contributed by atoms with E-state index in [1.165, 1.54) is 0 Å². The van der Waals surface area contributed by atoms with Crippen molar-refractivity contribution in [2.45, 2.75) is 64.2 Å². The Balaban J connectivity index is 1.42. The van der Waals surface area contributed by atoms with Crippen LogP contribution in [0.25, 0.3) is 0 Å². The predicted molar refractivity (Wildman–Crippen MR) is 130 cm³/mol. The zero-order chi connectivity index (χ0) is 25.1. The molecule has 4 rings (SSSR count). The number of benzene rings is 1. The van der Waals surface area contributed by atoms with Gasteiger partial charge in [0.15, 0.2) is 0 Å². The maximum atomic E-state index is 13.3. The molecule has 10 nitrogen and oxygen atoms in total. The number of rotatable bonds is 6. The molecule has 2 aliphatic rings. The molecule has 35 heavy (non-hydrogen) atoms. The number of aryl methyl sites for hydroxylation is 2. The van der Waals surface area contributed by atoms with Gasteiger partial charge >= 0.3 is 0 Å². The third-order valence-electron chi connectivity index (χ3n) is 6.47. The van der Waals surface area contributed by atoms with E-state index in [-0.39, 0.29) is 49.0 Å². The van der Waals surface area contributed by atoms with Crippen LogP contribution in [0.5, 0.6) is 5.75 Å². The van der Waals surface area contributed by atoms with Crippen molar-refractivity contribution in [1.29, 1.82) is 0 Å². The van der Waals surface area contributed by atoms with Gasteiger partial charge in [0.1, 0.15) is 18.5 Å². The Hall–Kier alpha value is -3.40. The maximum absolute atomic E-state index is 13.3. The number of amides is 3. The normalized spacial score (nSPS) is 21.8. The molecule has 0 radical (unpaired) electrons. The van der Waals surface area contributed by atoms with Crippen LogP contribution in [0.4, 0.5) is 11.4 Å². The zero-order valence-corrected chi connectivity index (χ0v) is 20.7. The molecule has 0 unspecified atom stereocenters. The van der Waals surface area contributed by atoms with Crippen molar-refractivity contribution in [2.24, 2.45) is 7.05 Å². The molecule has 0 aliphatic carbocycles. The van der Waals surface area contributed by atoms with Crippen LogP contribution in [0, 0.1) is 6.92 Å². The minimum Gasteiger partial charge on any atom is -0.490 e. The van der Waals surface area contributed by atoms with E-state index in [0.717, 1.165) is 12.1 Å². The fourth-order valence-corrected chi connectivity index (χ4v) is 4.69. The average Bonchev–Trinajstić information content (AvgIpc) is 3.12. The highest BCUT2D eigenvalue weighted by Gasteiger charge is 2.39. The highest BCUT2D eigenvalue weighted by molar-refractivity contribution is 5.99. The van der Waals surface area contributed by atoms with E-state index in [9.17, 15) is 14.4 Å². The third-order valence-corrected chi connectivity index (χ3v) is 6.47. The van der Waals surface area contributed by atoms with Crippen LogP contribution in [0.3, 0.4) is 0 Å². The van der Waals surface area contributed by atoms with E-state index in [2.05, 4.69) is 15.7 Å². The second-order valence-electron chi connectivity index (χ2n) is 9.23. The summed E-state index contributed by atoms with van der Waals surface area (Å²) in [6.07, 6.45) is 3.88. The molecule has 2 N–H and O–H groups in total. The molecular weight excluding hydrogens is 450 g/mol. The SMILES string of the molecule is CCCC(=O)Nc1ccc2c(c1)C(=O)N(C)[C@H]1CC[C@H](CC(=O)Nc3cn(C)nc3C)O[C@H]1CO2. The van der Waals surface area contributed by atoms with Gasteiger partial charge in [-0.05, 0) is 44.4 Å². The summed E-state index contributed by atoms with van der Waals surface area (Å²) in [5.74, 6) is 0.0377. The summed E-state index contributed by atoms with van der Waals surface area (Å²) in [6.45, 7) is 4.04. The van der Waals surface area contributed by atoms with Crippen LogP contribution in [0.15, 0.2) is 24.4 Å². The number of nitrogens with one attached hydrogen (secondary N) is 2. The highest BCUT2D eigenvalue weighted by atomic mass is 16.5. The molecule has 2 aliphatic heterocycles. The van der Waals surface area contributed by atoms with Gasteiger partial charge in [0, 0.05) is 32.4 Å². The van der Waals surface area contributed by atoms with Gasteiger partial charge in [0.2, 0.25) is 11.8 Å². The first kappa shape index (κ1) is 24.7. The predicted octanol–water partition coefficient (Wildman–Crippen LogP) is 2.88. The molecule has 10 heteroatoms. The van der Waals surface area contributed by atoms with E-state index in [1.54, 1.807) is 48.1 Å². The van der Waals surface area contributed by atoms with Gasteiger partial charge in [0.25, 0.3) is 5.91 Å². The van der Waals surface area contributed by atoms with Crippen molar-refractivity contribution in [1.82, 2.24) is 14.7 Å². The lowest BCUT2D eigenvalue weighted by Gasteiger charge is -2.42. The zero-order valence-electron chi connectivity index (χ0n) is 20.7. The van der Waals surface area contributed by atoms with Gasteiger partial charge in [-0.1, -0.05) is 6.92 Å². The van der Waals surface area contributed by atoms with E-state index < -0.39 is 0 Å². The highest BCUT2D eigenvalue weighted by Crippen LogP contribution is 2.32. The number of anilines is 2. The second kappa shape index (κ2) is 10.5. The lowest BCUT2D eigenvalue weighted by atomic mass is 9.94. The number of nitrogens with zero attached hydrogens (tertiary/aromatic N) is 3. The first-order chi connectivity index (χ1) is 16.7. The Morgan fingerprint density at radius 3 is 2.69 bits per heavy atom. The summed E-state index contributed by atoms with van der Waals surface area (Å²) in [4.78, 5) is 39.6. The first-order valence-corrected chi connectivity index (χ1v) is 12.0. The van der Waals surface area contributed by atoms with Gasteiger partial charge in [-0.3, -0.25) is 19.1 Å². The summed E-state index contributed by atoms with van der Waals surface area (Å²) >= 11 is 0. The third kappa shape index (κ3) is 5.64. The molecule has 3 amide bonds. The summed E-state index contributed by atoms with van der Waals surface area (Å²) in [6, 6.07) is 4.93. The van der Waals surface area contributed by atoms with Crippen LogP contribution in [-0.4, -0.2) is 64.3 Å². The van der Waals surface area contributed by atoms with E-state index in [1.807, 2.05) is 13.8 Å². The number of aromatic nitrogens is 2. The quantitative estimate of drug-likeness (QED) is 0.653. The largest absolute Gasteiger partial charge is 0.490 e. The average molecular weight is 484 g/mol. The topological polar surface area (TPSA) is 115 Å². The number of hydrogen-bond donors (Lipinski definition) is 2.